The first-order valence-corrected chi connectivity index (χ1v) is 6.84. The quantitative estimate of drug-likeness (QED) is 0.860. The van der Waals surface area contributed by atoms with Crippen molar-refractivity contribution in [1.29, 1.82) is 0 Å². The summed E-state index contributed by atoms with van der Waals surface area (Å²) in [5.41, 5.74) is 0.747. The van der Waals surface area contributed by atoms with Crippen LogP contribution in [0.5, 0.6) is 0 Å². The zero-order chi connectivity index (χ0) is 11.6. The summed E-state index contributed by atoms with van der Waals surface area (Å²) in [5.74, 6) is 0. The second-order valence-electron chi connectivity index (χ2n) is 3.99. The predicted octanol–water partition coefficient (Wildman–Crippen LogP) is 1.06. The second kappa shape index (κ2) is 4.53. The van der Waals surface area contributed by atoms with Crippen LogP contribution in [0.4, 0.5) is 0 Å². The van der Waals surface area contributed by atoms with Crippen LogP contribution in [0.25, 0.3) is 0 Å². The van der Waals surface area contributed by atoms with Gasteiger partial charge in [0.2, 0.25) is 10.0 Å². The number of benzene rings is 1. The Hall–Kier alpha value is -0.910. The zero-order valence-corrected chi connectivity index (χ0v) is 9.74. The van der Waals surface area contributed by atoms with Crippen LogP contribution in [0.1, 0.15) is 18.4 Å². The van der Waals surface area contributed by atoms with E-state index in [2.05, 4.69) is 0 Å². The molecule has 1 aromatic carbocycles. The van der Waals surface area contributed by atoms with Crippen molar-refractivity contribution < 1.29 is 13.2 Å². The molecule has 1 aliphatic heterocycles. The Morgan fingerprint density at radius 2 is 2.12 bits per heavy atom. The molecular weight excluding hydrogens is 226 g/mol. The van der Waals surface area contributed by atoms with Crippen LogP contribution in [0, 0.1) is 0 Å². The number of hydrogen-bond acceptors (Lipinski definition) is 3. The Morgan fingerprint density at radius 3 is 2.75 bits per heavy atom. The molecule has 16 heavy (non-hydrogen) atoms. The Labute approximate surface area is 95.5 Å². The fourth-order valence-electron chi connectivity index (χ4n) is 2.00. The molecule has 1 atom stereocenters. The van der Waals surface area contributed by atoms with Gasteiger partial charge in [-0.05, 0) is 30.9 Å². The molecule has 1 saturated heterocycles. The topological polar surface area (TPSA) is 69.4 Å². The van der Waals surface area contributed by atoms with Gasteiger partial charge < -0.3 is 4.74 Å². The fraction of sp³-hybridized carbons (Fsp3) is 0.455. The molecule has 2 rings (SSSR count). The van der Waals surface area contributed by atoms with E-state index in [0.29, 0.717) is 6.42 Å². The molecule has 4 nitrogen and oxygen atoms in total. The molecule has 0 aliphatic carbocycles. The van der Waals surface area contributed by atoms with Crippen molar-refractivity contribution in [3.8, 4) is 0 Å². The normalized spacial score (nSPS) is 21.2. The Bertz CT molecular complexity index is 464. The first-order valence-electron chi connectivity index (χ1n) is 5.29. The maximum absolute atomic E-state index is 11.4. The third-order valence-electron chi connectivity index (χ3n) is 2.75. The molecule has 2 N–H and O–H groups in total. The van der Waals surface area contributed by atoms with Crippen LogP contribution in [0.15, 0.2) is 29.2 Å². The van der Waals surface area contributed by atoms with Gasteiger partial charge in [-0.25, -0.2) is 13.6 Å². The molecule has 1 aliphatic rings. The molecule has 1 fully saturated rings. The SMILES string of the molecule is NS(=O)(=O)c1ccccc1CC1CCCO1. The Balaban J connectivity index is 2.26. The molecule has 0 saturated carbocycles. The number of sulfonamides is 1. The van der Waals surface area contributed by atoms with Crippen molar-refractivity contribution in [2.24, 2.45) is 5.14 Å². The van der Waals surface area contributed by atoms with Crippen molar-refractivity contribution in [2.45, 2.75) is 30.3 Å². The number of rotatable bonds is 3. The summed E-state index contributed by atoms with van der Waals surface area (Å²) >= 11 is 0. The highest BCUT2D eigenvalue weighted by Gasteiger charge is 2.20. The smallest absolute Gasteiger partial charge is 0.238 e. The highest BCUT2D eigenvalue weighted by atomic mass is 32.2. The summed E-state index contributed by atoms with van der Waals surface area (Å²) in [4.78, 5) is 0.213. The van der Waals surface area contributed by atoms with Crippen LogP contribution < -0.4 is 5.14 Å². The van der Waals surface area contributed by atoms with Crippen LogP contribution in [0.3, 0.4) is 0 Å². The Morgan fingerprint density at radius 1 is 1.38 bits per heavy atom. The van der Waals surface area contributed by atoms with Crippen molar-refractivity contribution in [1.82, 2.24) is 0 Å². The fourth-order valence-corrected chi connectivity index (χ4v) is 2.79. The van der Waals surface area contributed by atoms with Crippen molar-refractivity contribution in [2.75, 3.05) is 6.61 Å². The molecule has 0 amide bonds. The van der Waals surface area contributed by atoms with Crippen LogP contribution in [-0.4, -0.2) is 21.1 Å². The zero-order valence-electron chi connectivity index (χ0n) is 8.93. The van der Waals surface area contributed by atoms with E-state index in [1.54, 1.807) is 18.2 Å². The first-order chi connectivity index (χ1) is 7.57. The molecular formula is C11H15NO3S. The van der Waals surface area contributed by atoms with Gasteiger partial charge >= 0.3 is 0 Å². The molecule has 1 unspecified atom stereocenters. The highest BCUT2D eigenvalue weighted by molar-refractivity contribution is 7.89. The van der Waals surface area contributed by atoms with Gasteiger partial charge in [0.15, 0.2) is 0 Å². The molecule has 1 heterocycles. The second-order valence-corrected chi connectivity index (χ2v) is 5.52. The summed E-state index contributed by atoms with van der Waals surface area (Å²) < 4.78 is 28.2. The van der Waals surface area contributed by atoms with E-state index >= 15 is 0 Å². The molecule has 88 valence electrons. The van der Waals surface area contributed by atoms with E-state index in [4.69, 9.17) is 9.88 Å². The standard InChI is InChI=1S/C11H15NO3S/c12-16(13,14)11-6-2-1-4-9(11)8-10-5-3-7-15-10/h1-2,4,6,10H,3,5,7-8H2,(H2,12,13,14). The van der Waals surface area contributed by atoms with E-state index in [1.165, 1.54) is 0 Å². The Kier molecular flexibility index (Phi) is 3.28. The molecule has 0 radical (unpaired) electrons. The van der Waals surface area contributed by atoms with E-state index < -0.39 is 10.0 Å². The summed E-state index contributed by atoms with van der Waals surface area (Å²) in [6.07, 6.45) is 2.77. The number of hydrogen-bond donors (Lipinski definition) is 1. The molecule has 5 heteroatoms. The largest absolute Gasteiger partial charge is 0.378 e. The third kappa shape index (κ3) is 2.61. The van der Waals surface area contributed by atoms with Gasteiger partial charge in [0.05, 0.1) is 11.0 Å². The molecule has 1 aromatic rings. The van der Waals surface area contributed by atoms with Crippen LogP contribution in [-0.2, 0) is 21.2 Å². The minimum atomic E-state index is -3.63. The maximum atomic E-state index is 11.4. The van der Waals surface area contributed by atoms with E-state index in [-0.39, 0.29) is 11.0 Å². The summed E-state index contributed by atoms with van der Waals surface area (Å²) in [5, 5.41) is 5.16. The van der Waals surface area contributed by atoms with Gasteiger partial charge in [0.1, 0.15) is 0 Å². The lowest BCUT2D eigenvalue weighted by Gasteiger charge is -2.12. The predicted molar refractivity (Wildman–Crippen MR) is 60.5 cm³/mol. The van der Waals surface area contributed by atoms with Crippen LogP contribution >= 0.6 is 0 Å². The van der Waals surface area contributed by atoms with Gasteiger partial charge in [-0.2, -0.15) is 0 Å². The van der Waals surface area contributed by atoms with E-state index in [9.17, 15) is 8.42 Å². The van der Waals surface area contributed by atoms with Gasteiger partial charge in [-0.3, -0.25) is 0 Å². The lowest BCUT2D eigenvalue weighted by Crippen LogP contribution is -2.17. The molecule has 0 aromatic heterocycles. The average Bonchev–Trinajstić information content (AvgIpc) is 2.70. The van der Waals surface area contributed by atoms with Gasteiger partial charge in [-0.1, -0.05) is 18.2 Å². The lowest BCUT2D eigenvalue weighted by molar-refractivity contribution is 0.111. The summed E-state index contributed by atoms with van der Waals surface area (Å²) in [6.45, 7) is 0.766. The van der Waals surface area contributed by atoms with Gasteiger partial charge in [0, 0.05) is 6.61 Å². The molecule has 0 bridgehead atoms. The van der Waals surface area contributed by atoms with E-state index in [0.717, 1.165) is 25.0 Å². The summed E-state index contributed by atoms with van der Waals surface area (Å²) in [6, 6.07) is 6.83. The van der Waals surface area contributed by atoms with Crippen molar-refractivity contribution in [3.63, 3.8) is 0 Å². The minimum absolute atomic E-state index is 0.128. The van der Waals surface area contributed by atoms with Gasteiger partial charge in [-0.15, -0.1) is 0 Å². The average molecular weight is 241 g/mol. The third-order valence-corrected chi connectivity index (χ3v) is 3.76. The van der Waals surface area contributed by atoms with Crippen molar-refractivity contribution >= 4 is 10.0 Å². The minimum Gasteiger partial charge on any atom is -0.378 e. The lowest BCUT2D eigenvalue weighted by atomic mass is 10.1. The van der Waals surface area contributed by atoms with Crippen molar-refractivity contribution in [3.05, 3.63) is 29.8 Å². The highest BCUT2D eigenvalue weighted by Crippen LogP contribution is 2.21. The number of ether oxygens (including phenoxy) is 1. The molecule has 0 spiro atoms. The van der Waals surface area contributed by atoms with Crippen LogP contribution in [0.2, 0.25) is 0 Å². The number of primary sulfonamides is 1. The van der Waals surface area contributed by atoms with E-state index in [1.807, 2.05) is 6.07 Å². The summed E-state index contributed by atoms with van der Waals surface area (Å²) in [7, 11) is -3.63. The monoisotopic (exact) mass is 241 g/mol. The number of nitrogens with two attached hydrogens (primary N) is 1. The maximum Gasteiger partial charge on any atom is 0.238 e. The van der Waals surface area contributed by atoms with Gasteiger partial charge in [0.25, 0.3) is 0 Å². The first kappa shape index (κ1) is 11.6.